The van der Waals surface area contributed by atoms with E-state index in [1.165, 1.54) is 4.68 Å². The molecule has 1 amide bonds. The summed E-state index contributed by atoms with van der Waals surface area (Å²) in [5.41, 5.74) is 9.30. The second-order valence-electron chi connectivity index (χ2n) is 7.48. The van der Waals surface area contributed by atoms with Gasteiger partial charge in [-0.25, -0.2) is 9.67 Å². The maximum Gasteiger partial charge on any atom is 0.272 e. The standard InChI is InChI=1S/C22H22N8O2S/c1-14-7-9-16(10-8-14)24-22(33)27-26-20(31)13-29-11-17(25-28-29)12-30-19-6-4-3-5-18(19)23-15(2)21(30)32/h3-11H,12-13H2,1-2H3,(H,26,31)(H2,24,27,33). The average Bonchev–Trinajstić information content (AvgIpc) is 3.24. The summed E-state index contributed by atoms with van der Waals surface area (Å²) in [6.07, 6.45) is 1.62. The van der Waals surface area contributed by atoms with Crippen LogP contribution in [-0.4, -0.2) is 35.6 Å². The third-order valence-electron chi connectivity index (χ3n) is 4.85. The molecule has 0 radical (unpaired) electrons. The third kappa shape index (κ3) is 5.39. The Hall–Kier alpha value is -4.12. The van der Waals surface area contributed by atoms with Gasteiger partial charge in [-0.2, -0.15) is 0 Å². The van der Waals surface area contributed by atoms with Gasteiger partial charge in [0.25, 0.3) is 11.5 Å². The Morgan fingerprint density at radius 1 is 1.06 bits per heavy atom. The summed E-state index contributed by atoms with van der Waals surface area (Å²) in [5.74, 6) is -0.359. The van der Waals surface area contributed by atoms with Crippen molar-refractivity contribution in [3.63, 3.8) is 0 Å². The Morgan fingerprint density at radius 3 is 2.61 bits per heavy atom. The molecule has 10 nitrogen and oxygen atoms in total. The molecule has 0 atom stereocenters. The van der Waals surface area contributed by atoms with E-state index in [0.717, 1.165) is 16.8 Å². The number of benzene rings is 2. The number of amides is 1. The number of hydrazine groups is 1. The molecule has 2 aromatic carbocycles. The molecule has 0 saturated carbocycles. The number of aromatic nitrogens is 5. The van der Waals surface area contributed by atoms with Gasteiger partial charge >= 0.3 is 0 Å². The van der Waals surface area contributed by atoms with Gasteiger partial charge in [0.2, 0.25) is 0 Å². The van der Waals surface area contributed by atoms with Gasteiger partial charge in [0.15, 0.2) is 5.11 Å². The van der Waals surface area contributed by atoms with Crippen LogP contribution in [0.5, 0.6) is 0 Å². The molecule has 0 fully saturated rings. The highest BCUT2D eigenvalue weighted by atomic mass is 32.1. The van der Waals surface area contributed by atoms with E-state index >= 15 is 0 Å². The van der Waals surface area contributed by atoms with E-state index in [9.17, 15) is 9.59 Å². The van der Waals surface area contributed by atoms with Gasteiger partial charge in [-0.15, -0.1) is 5.10 Å². The molecular formula is C22H22N8O2S. The van der Waals surface area contributed by atoms with Gasteiger partial charge in [0.1, 0.15) is 17.9 Å². The fraction of sp³-hybridized carbons (Fsp3) is 0.182. The summed E-state index contributed by atoms with van der Waals surface area (Å²) >= 11 is 5.18. The minimum atomic E-state index is -0.359. The molecule has 0 aliphatic carbocycles. The molecule has 4 aromatic rings. The number of hydrogen-bond donors (Lipinski definition) is 3. The van der Waals surface area contributed by atoms with Gasteiger partial charge in [-0.3, -0.25) is 25.0 Å². The lowest BCUT2D eigenvalue weighted by molar-refractivity contribution is -0.122. The van der Waals surface area contributed by atoms with Crippen molar-refractivity contribution in [3.8, 4) is 0 Å². The van der Waals surface area contributed by atoms with Crippen LogP contribution in [-0.2, 0) is 17.9 Å². The summed E-state index contributed by atoms with van der Waals surface area (Å²) in [6, 6.07) is 15.1. The number of aryl methyl sites for hydroxylation is 2. The number of thiocarbonyl (C=S) groups is 1. The molecule has 0 saturated heterocycles. The van der Waals surface area contributed by atoms with E-state index in [1.54, 1.807) is 17.7 Å². The maximum absolute atomic E-state index is 12.6. The van der Waals surface area contributed by atoms with E-state index in [1.807, 2.05) is 55.5 Å². The molecule has 2 heterocycles. The van der Waals surface area contributed by atoms with Crippen molar-refractivity contribution >= 4 is 40.0 Å². The highest BCUT2D eigenvalue weighted by Gasteiger charge is 2.12. The first kappa shape index (κ1) is 22.1. The molecule has 0 aliphatic heterocycles. The van der Waals surface area contributed by atoms with Crippen LogP contribution in [0, 0.1) is 13.8 Å². The summed E-state index contributed by atoms with van der Waals surface area (Å²) < 4.78 is 2.99. The lowest BCUT2D eigenvalue weighted by Crippen LogP contribution is -2.45. The molecule has 11 heteroatoms. The molecule has 0 unspecified atom stereocenters. The van der Waals surface area contributed by atoms with Gasteiger partial charge in [-0.05, 0) is 50.3 Å². The largest absolute Gasteiger partial charge is 0.331 e. The Balaban J connectivity index is 1.35. The second-order valence-corrected chi connectivity index (χ2v) is 7.89. The predicted octanol–water partition coefficient (Wildman–Crippen LogP) is 1.67. The monoisotopic (exact) mass is 462 g/mol. The molecule has 0 spiro atoms. The lowest BCUT2D eigenvalue weighted by atomic mass is 10.2. The van der Waals surface area contributed by atoms with Crippen LogP contribution >= 0.6 is 12.2 Å². The van der Waals surface area contributed by atoms with Gasteiger partial charge in [0, 0.05) is 5.69 Å². The summed E-state index contributed by atoms with van der Waals surface area (Å²) in [5, 5.41) is 11.3. The van der Waals surface area contributed by atoms with Crippen LogP contribution in [0.25, 0.3) is 11.0 Å². The van der Waals surface area contributed by atoms with Gasteiger partial charge in [-0.1, -0.05) is 35.0 Å². The number of nitrogens with one attached hydrogen (secondary N) is 3. The molecule has 3 N–H and O–H groups in total. The fourth-order valence-corrected chi connectivity index (χ4v) is 3.41. The number of nitrogens with zero attached hydrogens (tertiary/aromatic N) is 5. The van der Waals surface area contributed by atoms with E-state index in [2.05, 4.69) is 31.5 Å². The Kier molecular flexibility index (Phi) is 6.41. The van der Waals surface area contributed by atoms with Gasteiger partial charge < -0.3 is 5.32 Å². The molecule has 0 bridgehead atoms. The molecule has 33 heavy (non-hydrogen) atoms. The molecule has 4 rings (SSSR count). The zero-order valence-electron chi connectivity index (χ0n) is 18.1. The van der Waals surface area contributed by atoms with E-state index < -0.39 is 0 Å². The number of carbonyl (C=O) groups is 1. The zero-order valence-corrected chi connectivity index (χ0v) is 18.9. The van der Waals surface area contributed by atoms with Crippen molar-refractivity contribution in [1.82, 2.24) is 35.4 Å². The fourth-order valence-electron chi connectivity index (χ4n) is 3.24. The third-order valence-corrected chi connectivity index (χ3v) is 5.06. The predicted molar refractivity (Wildman–Crippen MR) is 129 cm³/mol. The number of para-hydroxylation sites is 2. The Morgan fingerprint density at radius 2 is 1.82 bits per heavy atom. The van der Waals surface area contributed by atoms with E-state index in [-0.39, 0.29) is 29.7 Å². The minimum Gasteiger partial charge on any atom is -0.331 e. The van der Waals surface area contributed by atoms with Crippen LogP contribution in [0.2, 0.25) is 0 Å². The van der Waals surface area contributed by atoms with Crippen molar-refractivity contribution in [2.45, 2.75) is 26.9 Å². The first-order valence-electron chi connectivity index (χ1n) is 10.2. The van der Waals surface area contributed by atoms with E-state index in [0.29, 0.717) is 16.9 Å². The average molecular weight is 463 g/mol. The second kappa shape index (κ2) is 9.57. The smallest absolute Gasteiger partial charge is 0.272 e. The summed E-state index contributed by atoms with van der Waals surface area (Å²) in [6.45, 7) is 3.82. The van der Waals surface area contributed by atoms with Crippen molar-refractivity contribution < 1.29 is 4.79 Å². The van der Waals surface area contributed by atoms with Crippen LogP contribution < -0.4 is 21.7 Å². The van der Waals surface area contributed by atoms with Crippen LogP contribution in [0.4, 0.5) is 5.69 Å². The van der Waals surface area contributed by atoms with E-state index in [4.69, 9.17) is 12.2 Å². The van der Waals surface area contributed by atoms with Crippen molar-refractivity contribution in [2.75, 3.05) is 5.32 Å². The lowest BCUT2D eigenvalue weighted by Gasteiger charge is -2.11. The van der Waals surface area contributed by atoms with Crippen LogP contribution in [0.1, 0.15) is 17.0 Å². The summed E-state index contributed by atoms with van der Waals surface area (Å²) in [7, 11) is 0. The van der Waals surface area contributed by atoms with Crippen LogP contribution in [0.15, 0.2) is 59.5 Å². The Bertz CT molecular complexity index is 1380. The normalized spacial score (nSPS) is 10.7. The highest BCUT2D eigenvalue weighted by molar-refractivity contribution is 7.80. The number of carbonyl (C=O) groups excluding carboxylic acids is 1. The van der Waals surface area contributed by atoms with Crippen molar-refractivity contribution in [1.29, 1.82) is 0 Å². The van der Waals surface area contributed by atoms with Gasteiger partial charge in [0.05, 0.1) is 23.8 Å². The summed E-state index contributed by atoms with van der Waals surface area (Å²) in [4.78, 5) is 29.2. The number of rotatable bonds is 5. The van der Waals surface area contributed by atoms with Crippen LogP contribution in [0.3, 0.4) is 0 Å². The number of anilines is 1. The Labute approximate surface area is 194 Å². The van der Waals surface area contributed by atoms with Crippen molar-refractivity contribution in [3.05, 3.63) is 82.0 Å². The highest BCUT2D eigenvalue weighted by Crippen LogP contribution is 2.11. The quantitative estimate of drug-likeness (QED) is 0.303. The molecular weight excluding hydrogens is 440 g/mol. The maximum atomic E-state index is 12.6. The SMILES string of the molecule is Cc1ccc(NC(=S)NNC(=O)Cn2cc(Cn3c(=O)c(C)nc4ccccc43)nn2)cc1. The number of fused-ring (bicyclic) bond motifs is 1. The molecule has 0 aliphatic rings. The molecule has 2 aromatic heterocycles. The first-order valence-corrected chi connectivity index (χ1v) is 10.6. The molecule has 168 valence electrons. The first-order chi connectivity index (χ1) is 15.9. The number of hydrogen-bond acceptors (Lipinski definition) is 6. The van der Waals surface area contributed by atoms with Crippen molar-refractivity contribution in [2.24, 2.45) is 0 Å². The zero-order chi connectivity index (χ0) is 23.4. The topological polar surface area (TPSA) is 119 Å². The minimum absolute atomic E-state index is 0.0713.